The number of methoxy groups -OCH3 is 1. The van der Waals surface area contributed by atoms with Gasteiger partial charge in [-0.1, -0.05) is 18.7 Å². The molecule has 0 bridgehead atoms. The Hall–Kier alpha value is -0.850. The molecule has 0 aromatic carbocycles. The molecule has 1 aromatic heterocycles. The molecule has 18 heavy (non-hydrogen) atoms. The van der Waals surface area contributed by atoms with Crippen molar-refractivity contribution in [1.82, 2.24) is 15.3 Å². The highest BCUT2D eigenvalue weighted by atomic mass is 32.2. The van der Waals surface area contributed by atoms with E-state index in [1.165, 1.54) is 17.8 Å². The Morgan fingerprint density at radius 2 is 2.39 bits per heavy atom. The van der Waals surface area contributed by atoms with Crippen LogP contribution in [0.4, 0.5) is 0 Å². The molecule has 2 N–H and O–H groups in total. The van der Waals surface area contributed by atoms with E-state index >= 15 is 0 Å². The van der Waals surface area contributed by atoms with Gasteiger partial charge in [-0.15, -0.1) is 0 Å². The minimum absolute atomic E-state index is 0.102. The Balaban J connectivity index is 2.52. The van der Waals surface area contributed by atoms with E-state index in [2.05, 4.69) is 22.2 Å². The molecule has 0 amide bonds. The van der Waals surface area contributed by atoms with Gasteiger partial charge in [0.15, 0.2) is 5.16 Å². The largest absolute Gasteiger partial charge is 0.383 e. The highest BCUT2D eigenvalue weighted by Crippen LogP contribution is 2.12. The second-order valence-corrected chi connectivity index (χ2v) is 5.12. The maximum absolute atomic E-state index is 11.3. The van der Waals surface area contributed by atoms with Gasteiger partial charge in [0.05, 0.1) is 6.61 Å². The number of nitrogens with zero attached hydrogens (tertiary/aromatic N) is 1. The molecular formula is C12H21N3O2S. The number of nitrogens with one attached hydrogen (secondary N) is 2. The first-order chi connectivity index (χ1) is 8.65. The van der Waals surface area contributed by atoms with E-state index in [4.69, 9.17) is 4.74 Å². The van der Waals surface area contributed by atoms with Crippen LogP contribution < -0.4 is 10.9 Å². The number of H-pyrrole nitrogens is 1. The van der Waals surface area contributed by atoms with E-state index in [0.717, 1.165) is 24.4 Å². The van der Waals surface area contributed by atoms with Crippen LogP contribution in [-0.4, -0.2) is 42.0 Å². The summed E-state index contributed by atoms with van der Waals surface area (Å²) in [7, 11) is 1.69. The standard InChI is InChI=1S/C12H21N3O2S/c1-4-5-13-10(7-17-3)8-18-12-14-9(2)6-11(16)15-12/h6,10,13H,4-5,7-8H2,1-3H3,(H,14,15,16). The van der Waals surface area contributed by atoms with E-state index in [-0.39, 0.29) is 11.6 Å². The zero-order valence-corrected chi connectivity index (χ0v) is 12.0. The minimum Gasteiger partial charge on any atom is -0.383 e. The Bertz CT molecular complexity index is 409. The van der Waals surface area contributed by atoms with Crippen molar-refractivity contribution in [2.45, 2.75) is 31.5 Å². The van der Waals surface area contributed by atoms with Gasteiger partial charge < -0.3 is 15.0 Å². The fraction of sp³-hybridized carbons (Fsp3) is 0.667. The molecular weight excluding hydrogens is 250 g/mol. The van der Waals surface area contributed by atoms with Crippen molar-refractivity contribution in [3.63, 3.8) is 0 Å². The zero-order chi connectivity index (χ0) is 13.4. The van der Waals surface area contributed by atoms with Gasteiger partial charge in [-0.05, 0) is 19.9 Å². The molecule has 102 valence electrons. The van der Waals surface area contributed by atoms with Crippen LogP contribution in [0.25, 0.3) is 0 Å². The Morgan fingerprint density at radius 3 is 3.00 bits per heavy atom. The van der Waals surface area contributed by atoms with E-state index in [9.17, 15) is 4.79 Å². The topological polar surface area (TPSA) is 67.0 Å². The second-order valence-electron chi connectivity index (χ2n) is 4.11. The fourth-order valence-corrected chi connectivity index (χ4v) is 2.47. The van der Waals surface area contributed by atoms with Crippen molar-refractivity contribution in [3.05, 3.63) is 22.1 Å². The molecule has 0 aliphatic rings. The molecule has 0 aliphatic carbocycles. The summed E-state index contributed by atoms with van der Waals surface area (Å²) in [5.74, 6) is 0.820. The normalized spacial score (nSPS) is 12.6. The van der Waals surface area contributed by atoms with Gasteiger partial charge >= 0.3 is 0 Å². The summed E-state index contributed by atoms with van der Waals surface area (Å²) in [5.41, 5.74) is 0.640. The number of aryl methyl sites for hydroxylation is 1. The molecule has 0 aliphatic heterocycles. The molecule has 1 atom stereocenters. The Labute approximate surface area is 112 Å². The highest BCUT2D eigenvalue weighted by molar-refractivity contribution is 7.99. The summed E-state index contributed by atoms with van der Waals surface area (Å²) in [6.45, 7) is 5.57. The molecule has 5 nitrogen and oxygen atoms in total. The molecule has 0 fully saturated rings. The number of thioether (sulfide) groups is 1. The van der Waals surface area contributed by atoms with Crippen LogP contribution in [0.15, 0.2) is 16.0 Å². The van der Waals surface area contributed by atoms with Crippen molar-refractivity contribution in [2.24, 2.45) is 0 Å². The summed E-state index contributed by atoms with van der Waals surface area (Å²) < 4.78 is 5.17. The SMILES string of the molecule is CCCNC(COC)CSc1nc(C)cc(=O)[nH]1. The molecule has 1 aromatic rings. The maximum Gasteiger partial charge on any atom is 0.251 e. The molecule has 1 heterocycles. The van der Waals surface area contributed by atoms with Gasteiger partial charge in [0.2, 0.25) is 0 Å². The summed E-state index contributed by atoms with van der Waals surface area (Å²) in [6, 6.07) is 1.76. The predicted molar refractivity (Wildman–Crippen MR) is 74.3 cm³/mol. The van der Waals surface area contributed by atoms with Crippen LogP contribution in [0.2, 0.25) is 0 Å². The summed E-state index contributed by atoms with van der Waals surface area (Å²) in [4.78, 5) is 18.3. The number of aromatic nitrogens is 2. The van der Waals surface area contributed by atoms with Gasteiger partial charge in [0, 0.05) is 30.7 Å². The van der Waals surface area contributed by atoms with E-state index < -0.39 is 0 Å². The van der Waals surface area contributed by atoms with Gasteiger partial charge in [0.25, 0.3) is 5.56 Å². The molecule has 1 rings (SSSR count). The van der Waals surface area contributed by atoms with Crippen LogP contribution >= 0.6 is 11.8 Å². The molecule has 1 unspecified atom stereocenters. The van der Waals surface area contributed by atoms with Crippen molar-refractivity contribution in [1.29, 1.82) is 0 Å². The van der Waals surface area contributed by atoms with E-state index in [0.29, 0.717) is 11.8 Å². The van der Waals surface area contributed by atoms with Gasteiger partial charge in [-0.2, -0.15) is 0 Å². The first-order valence-corrected chi connectivity index (χ1v) is 7.07. The third kappa shape index (κ3) is 5.66. The molecule has 0 radical (unpaired) electrons. The van der Waals surface area contributed by atoms with Gasteiger partial charge in [0.1, 0.15) is 0 Å². The lowest BCUT2D eigenvalue weighted by Gasteiger charge is -2.16. The maximum atomic E-state index is 11.3. The molecule has 6 heteroatoms. The van der Waals surface area contributed by atoms with Crippen LogP contribution in [0, 0.1) is 6.92 Å². The Morgan fingerprint density at radius 1 is 1.61 bits per heavy atom. The van der Waals surface area contributed by atoms with E-state index in [1.807, 2.05) is 6.92 Å². The van der Waals surface area contributed by atoms with Crippen molar-refractivity contribution in [2.75, 3.05) is 26.0 Å². The highest BCUT2D eigenvalue weighted by Gasteiger charge is 2.09. The van der Waals surface area contributed by atoms with Crippen molar-refractivity contribution >= 4 is 11.8 Å². The number of aromatic amines is 1. The van der Waals surface area contributed by atoms with Gasteiger partial charge in [-0.3, -0.25) is 4.79 Å². The summed E-state index contributed by atoms with van der Waals surface area (Å²) >= 11 is 1.54. The summed E-state index contributed by atoms with van der Waals surface area (Å²) in [6.07, 6.45) is 1.09. The van der Waals surface area contributed by atoms with Crippen LogP contribution in [0.3, 0.4) is 0 Å². The summed E-state index contributed by atoms with van der Waals surface area (Å²) in [5, 5.41) is 4.07. The smallest absolute Gasteiger partial charge is 0.251 e. The molecule has 0 saturated carbocycles. The minimum atomic E-state index is -0.102. The number of ether oxygens (including phenoxy) is 1. The van der Waals surface area contributed by atoms with Crippen LogP contribution in [-0.2, 0) is 4.74 Å². The van der Waals surface area contributed by atoms with Crippen LogP contribution in [0.5, 0.6) is 0 Å². The first kappa shape index (κ1) is 15.2. The quantitative estimate of drug-likeness (QED) is 0.549. The molecule has 0 saturated heterocycles. The lowest BCUT2D eigenvalue weighted by molar-refractivity contribution is 0.174. The van der Waals surface area contributed by atoms with Crippen LogP contribution in [0.1, 0.15) is 19.0 Å². The average molecular weight is 271 g/mol. The number of hydrogen-bond acceptors (Lipinski definition) is 5. The van der Waals surface area contributed by atoms with Crippen molar-refractivity contribution < 1.29 is 4.74 Å². The Kier molecular flexibility index (Phi) is 7.00. The molecule has 0 spiro atoms. The number of rotatable bonds is 8. The first-order valence-electron chi connectivity index (χ1n) is 6.08. The monoisotopic (exact) mass is 271 g/mol. The fourth-order valence-electron chi connectivity index (χ4n) is 1.52. The average Bonchev–Trinajstić information content (AvgIpc) is 2.31. The number of hydrogen-bond donors (Lipinski definition) is 2. The van der Waals surface area contributed by atoms with Gasteiger partial charge in [-0.25, -0.2) is 4.98 Å². The zero-order valence-electron chi connectivity index (χ0n) is 11.2. The predicted octanol–water partition coefficient (Wildman–Crippen LogP) is 1.19. The van der Waals surface area contributed by atoms with Crippen molar-refractivity contribution in [3.8, 4) is 0 Å². The second kappa shape index (κ2) is 8.29. The third-order valence-electron chi connectivity index (χ3n) is 2.32. The lowest BCUT2D eigenvalue weighted by Crippen LogP contribution is -2.36. The van der Waals surface area contributed by atoms with E-state index in [1.54, 1.807) is 7.11 Å². The lowest BCUT2D eigenvalue weighted by atomic mass is 10.3. The third-order valence-corrected chi connectivity index (χ3v) is 3.36.